The zero-order chi connectivity index (χ0) is 22.2. The van der Waals surface area contributed by atoms with Crippen LogP contribution in [0.2, 0.25) is 0 Å². The van der Waals surface area contributed by atoms with E-state index in [-0.39, 0.29) is 6.03 Å². The molecule has 168 valence electrons. The summed E-state index contributed by atoms with van der Waals surface area (Å²) in [4.78, 5) is 12.6. The molecule has 1 aliphatic carbocycles. The maximum absolute atomic E-state index is 12.6. The van der Waals surface area contributed by atoms with Crippen molar-refractivity contribution in [2.75, 3.05) is 10.6 Å². The van der Waals surface area contributed by atoms with Crippen molar-refractivity contribution in [3.8, 4) is 11.3 Å². The standard InChI is InChI=1S/C25H31N5OS/c1-18(15-19-7-3-2-4-8-19)26-16-21-9-5-6-10-23(21)28-25(31)27-22-13-11-20(12-14-22)24-17-32-30-29-24/h5-6,9-14,17-19,26H,2-4,7-8,15-16H2,1H3,(H2,27,28,31)/t18-/m0/s1. The third kappa shape index (κ3) is 6.37. The van der Waals surface area contributed by atoms with Crippen LogP contribution in [0, 0.1) is 5.92 Å². The highest BCUT2D eigenvalue weighted by Crippen LogP contribution is 2.27. The van der Waals surface area contributed by atoms with Crippen molar-refractivity contribution in [2.45, 2.75) is 58.0 Å². The summed E-state index contributed by atoms with van der Waals surface area (Å²) in [5.41, 5.74) is 4.46. The maximum Gasteiger partial charge on any atom is 0.323 e. The van der Waals surface area contributed by atoms with Gasteiger partial charge in [0.2, 0.25) is 0 Å². The molecule has 3 N–H and O–H groups in total. The Bertz CT molecular complexity index is 984. The van der Waals surface area contributed by atoms with Gasteiger partial charge in [-0.15, -0.1) is 5.10 Å². The van der Waals surface area contributed by atoms with Gasteiger partial charge < -0.3 is 16.0 Å². The van der Waals surface area contributed by atoms with Gasteiger partial charge in [0.1, 0.15) is 5.69 Å². The predicted molar refractivity (Wildman–Crippen MR) is 132 cm³/mol. The molecule has 7 heteroatoms. The van der Waals surface area contributed by atoms with Gasteiger partial charge in [-0.2, -0.15) is 0 Å². The number of aromatic nitrogens is 2. The zero-order valence-electron chi connectivity index (χ0n) is 18.5. The molecule has 1 aliphatic rings. The first-order valence-electron chi connectivity index (χ1n) is 11.4. The molecule has 3 aromatic rings. The Morgan fingerprint density at radius 2 is 1.84 bits per heavy atom. The molecule has 32 heavy (non-hydrogen) atoms. The van der Waals surface area contributed by atoms with E-state index in [4.69, 9.17) is 0 Å². The van der Waals surface area contributed by atoms with Crippen LogP contribution in [0.25, 0.3) is 11.3 Å². The Labute approximate surface area is 194 Å². The number of hydrogen-bond acceptors (Lipinski definition) is 5. The second kappa shape index (κ2) is 11.2. The van der Waals surface area contributed by atoms with Crippen LogP contribution in [0.5, 0.6) is 0 Å². The predicted octanol–water partition coefficient (Wildman–Crippen LogP) is 6.30. The SMILES string of the molecule is C[C@@H](CC1CCCCC1)NCc1ccccc1NC(=O)Nc1ccc(-c2csnn2)cc1. The summed E-state index contributed by atoms with van der Waals surface area (Å²) in [6, 6.07) is 15.8. The van der Waals surface area contributed by atoms with Crippen molar-refractivity contribution in [3.05, 3.63) is 59.5 Å². The molecule has 4 rings (SSSR count). The number of anilines is 2. The van der Waals surface area contributed by atoms with E-state index in [1.807, 2.05) is 47.8 Å². The normalized spacial score (nSPS) is 15.3. The molecule has 0 saturated heterocycles. The van der Waals surface area contributed by atoms with Crippen LogP contribution in [0.1, 0.15) is 51.0 Å². The Kier molecular flexibility index (Phi) is 7.85. The molecule has 0 aliphatic heterocycles. The van der Waals surface area contributed by atoms with E-state index in [1.165, 1.54) is 50.1 Å². The minimum Gasteiger partial charge on any atom is -0.310 e. The van der Waals surface area contributed by atoms with E-state index >= 15 is 0 Å². The Morgan fingerprint density at radius 3 is 2.59 bits per heavy atom. The summed E-state index contributed by atoms with van der Waals surface area (Å²) >= 11 is 1.32. The van der Waals surface area contributed by atoms with Gasteiger partial charge in [-0.05, 0) is 54.6 Å². The second-order valence-electron chi connectivity index (χ2n) is 8.63. The monoisotopic (exact) mass is 449 g/mol. The van der Waals surface area contributed by atoms with Gasteiger partial charge in [-0.1, -0.05) is 66.9 Å². The van der Waals surface area contributed by atoms with Crippen LogP contribution in [0.4, 0.5) is 16.2 Å². The first-order valence-corrected chi connectivity index (χ1v) is 12.3. The molecule has 2 aromatic carbocycles. The van der Waals surface area contributed by atoms with Gasteiger partial charge in [0, 0.05) is 34.9 Å². The van der Waals surface area contributed by atoms with Crippen LogP contribution >= 0.6 is 11.5 Å². The maximum atomic E-state index is 12.6. The third-order valence-corrected chi connectivity index (χ3v) is 6.62. The van der Waals surface area contributed by atoms with Crippen molar-refractivity contribution in [1.29, 1.82) is 0 Å². The molecule has 1 fully saturated rings. The fourth-order valence-corrected chi connectivity index (χ4v) is 4.85. The van der Waals surface area contributed by atoms with Gasteiger partial charge >= 0.3 is 6.03 Å². The Morgan fingerprint density at radius 1 is 1.06 bits per heavy atom. The van der Waals surface area contributed by atoms with E-state index in [9.17, 15) is 4.79 Å². The first-order chi connectivity index (χ1) is 15.7. The van der Waals surface area contributed by atoms with Gasteiger partial charge in [0.05, 0.1) is 0 Å². The molecule has 1 atom stereocenters. The van der Waals surface area contributed by atoms with E-state index in [1.54, 1.807) is 0 Å². The number of carbonyl (C=O) groups is 1. The van der Waals surface area contributed by atoms with Crippen LogP contribution < -0.4 is 16.0 Å². The molecule has 2 amide bonds. The minimum atomic E-state index is -0.254. The number of nitrogens with one attached hydrogen (secondary N) is 3. The molecular weight excluding hydrogens is 418 g/mol. The van der Waals surface area contributed by atoms with Crippen LogP contribution in [0.3, 0.4) is 0 Å². The molecule has 0 spiro atoms. The quantitative estimate of drug-likeness (QED) is 0.377. The number of nitrogens with zero attached hydrogens (tertiary/aromatic N) is 2. The van der Waals surface area contributed by atoms with Crippen LogP contribution in [-0.4, -0.2) is 21.7 Å². The smallest absolute Gasteiger partial charge is 0.310 e. The number of carbonyl (C=O) groups excluding carboxylic acids is 1. The summed E-state index contributed by atoms with van der Waals surface area (Å²) in [7, 11) is 0. The fourth-order valence-electron chi connectivity index (χ4n) is 4.39. The lowest BCUT2D eigenvalue weighted by atomic mass is 9.85. The number of amides is 2. The lowest BCUT2D eigenvalue weighted by molar-refractivity contribution is 0.262. The van der Waals surface area contributed by atoms with E-state index in [2.05, 4.69) is 38.5 Å². The second-order valence-corrected chi connectivity index (χ2v) is 9.24. The van der Waals surface area contributed by atoms with Crippen LogP contribution in [0.15, 0.2) is 53.9 Å². The number of rotatable bonds is 8. The number of para-hydroxylation sites is 1. The van der Waals surface area contributed by atoms with Crippen molar-refractivity contribution in [3.63, 3.8) is 0 Å². The van der Waals surface area contributed by atoms with Crippen molar-refractivity contribution in [1.82, 2.24) is 14.9 Å². The highest BCUT2D eigenvalue weighted by molar-refractivity contribution is 7.03. The van der Waals surface area contributed by atoms with Gasteiger partial charge in [-0.25, -0.2) is 4.79 Å². The molecule has 1 saturated carbocycles. The summed E-state index contributed by atoms with van der Waals surface area (Å²) in [6.07, 6.45) is 8.11. The van der Waals surface area contributed by atoms with Crippen LogP contribution in [-0.2, 0) is 6.54 Å². The van der Waals surface area contributed by atoms with Crippen molar-refractivity contribution < 1.29 is 4.79 Å². The number of hydrogen-bond donors (Lipinski definition) is 3. The zero-order valence-corrected chi connectivity index (χ0v) is 19.3. The van der Waals surface area contributed by atoms with Gasteiger partial charge in [-0.3, -0.25) is 0 Å². The number of urea groups is 1. The Balaban J connectivity index is 1.29. The topological polar surface area (TPSA) is 78.9 Å². The summed E-state index contributed by atoms with van der Waals surface area (Å²) in [6.45, 7) is 3.00. The number of benzene rings is 2. The molecule has 6 nitrogen and oxygen atoms in total. The third-order valence-electron chi connectivity index (χ3n) is 6.12. The van der Waals surface area contributed by atoms with Crippen molar-refractivity contribution >= 4 is 28.9 Å². The molecule has 0 radical (unpaired) electrons. The van der Waals surface area contributed by atoms with E-state index in [0.717, 1.165) is 40.7 Å². The molecular formula is C25H31N5OS. The fraction of sp³-hybridized carbons (Fsp3) is 0.400. The average molecular weight is 450 g/mol. The lowest BCUT2D eigenvalue weighted by Gasteiger charge is -2.25. The molecule has 1 heterocycles. The van der Waals surface area contributed by atoms with Crippen molar-refractivity contribution in [2.24, 2.45) is 5.92 Å². The summed E-state index contributed by atoms with van der Waals surface area (Å²) in [5.74, 6) is 0.851. The molecule has 0 bridgehead atoms. The largest absolute Gasteiger partial charge is 0.323 e. The molecule has 1 aromatic heterocycles. The highest BCUT2D eigenvalue weighted by atomic mass is 32.1. The minimum absolute atomic E-state index is 0.254. The van der Waals surface area contributed by atoms with E-state index < -0.39 is 0 Å². The van der Waals surface area contributed by atoms with Gasteiger partial charge in [0.25, 0.3) is 0 Å². The first kappa shape index (κ1) is 22.4. The van der Waals surface area contributed by atoms with E-state index in [0.29, 0.717) is 6.04 Å². The average Bonchev–Trinajstić information content (AvgIpc) is 3.35. The highest BCUT2D eigenvalue weighted by Gasteiger charge is 2.16. The summed E-state index contributed by atoms with van der Waals surface area (Å²) in [5, 5.41) is 15.5. The molecule has 0 unspecified atom stereocenters. The Hall–Kier alpha value is -2.77. The van der Waals surface area contributed by atoms with Gasteiger partial charge in [0.15, 0.2) is 0 Å². The summed E-state index contributed by atoms with van der Waals surface area (Å²) < 4.78 is 3.89. The lowest BCUT2D eigenvalue weighted by Crippen LogP contribution is -2.29.